The molecule has 4 heterocycles. The molecule has 0 saturated carbocycles. The second-order valence-electron chi connectivity index (χ2n) is 17.0. The Labute approximate surface area is 365 Å². The number of aryl methyl sites for hydroxylation is 2. The van der Waals surface area contributed by atoms with Gasteiger partial charge in [0.05, 0.1) is 43.0 Å². The molecule has 0 radical (unpaired) electrons. The largest absolute Gasteiger partial charge is 0.453 e. The minimum Gasteiger partial charge on any atom is -0.453 e. The van der Waals surface area contributed by atoms with E-state index in [1.54, 1.807) is 0 Å². The number of aromatic amines is 2. The highest BCUT2D eigenvalue weighted by Gasteiger charge is 2.39. The smallest absolute Gasteiger partial charge is 0.407 e. The lowest BCUT2D eigenvalue weighted by atomic mass is 9.89. The highest BCUT2D eigenvalue weighted by molar-refractivity contribution is 5.88. The number of carbonyl (C=O) groups is 4. The number of hydrogen-bond donors (Lipinski definition) is 4. The summed E-state index contributed by atoms with van der Waals surface area (Å²) in [7, 11) is 2.59. The van der Waals surface area contributed by atoms with Crippen LogP contribution in [0, 0.1) is 5.92 Å². The zero-order valence-electron chi connectivity index (χ0n) is 35.9. The van der Waals surface area contributed by atoms with Gasteiger partial charge in [0.2, 0.25) is 5.91 Å². The van der Waals surface area contributed by atoms with Crippen LogP contribution in [0.1, 0.15) is 86.1 Å². The van der Waals surface area contributed by atoms with Crippen LogP contribution in [0.4, 0.5) is 9.59 Å². The van der Waals surface area contributed by atoms with Crippen molar-refractivity contribution in [2.75, 3.05) is 27.3 Å². The molecule has 1 unspecified atom stereocenters. The number of H-pyrrole nitrogens is 2. The maximum absolute atomic E-state index is 14.1. The van der Waals surface area contributed by atoms with Gasteiger partial charge in [-0.1, -0.05) is 92.7 Å². The summed E-state index contributed by atoms with van der Waals surface area (Å²) in [6.45, 7) is 4.98. The van der Waals surface area contributed by atoms with E-state index in [2.05, 4.69) is 75.2 Å². The van der Waals surface area contributed by atoms with Crippen LogP contribution < -0.4 is 10.6 Å². The Morgan fingerprint density at radius 1 is 0.683 bits per heavy atom. The second-order valence-corrected chi connectivity index (χ2v) is 17.0. The first-order valence-electron chi connectivity index (χ1n) is 21.8. The number of fused-ring (bicyclic) bond motifs is 4. The van der Waals surface area contributed by atoms with Crippen LogP contribution >= 0.6 is 0 Å². The number of methoxy groups -OCH3 is 2. The minimum atomic E-state index is -0.873. The van der Waals surface area contributed by atoms with Crippen molar-refractivity contribution in [3.05, 3.63) is 119 Å². The molecule has 9 rings (SSSR count). The average Bonchev–Trinajstić information content (AvgIpc) is 4.15. The molecule has 0 bridgehead atoms. The van der Waals surface area contributed by atoms with Crippen LogP contribution in [0.25, 0.3) is 44.5 Å². The molecule has 14 nitrogen and oxygen atoms in total. The van der Waals surface area contributed by atoms with Crippen LogP contribution in [0.15, 0.2) is 91.0 Å². The lowest BCUT2D eigenvalue weighted by Crippen LogP contribution is -2.51. The fourth-order valence-electron chi connectivity index (χ4n) is 9.47. The highest BCUT2D eigenvalue weighted by Crippen LogP contribution is 2.40. The summed E-state index contributed by atoms with van der Waals surface area (Å²) in [6, 6.07) is 28.6. The van der Waals surface area contributed by atoms with E-state index in [-0.39, 0.29) is 29.8 Å². The van der Waals surface area contributed by atoms with E-state index < -0.39 is 24.3 Å². The molecule has 324 valence electrons. The Balaban J connectivity index is 0.901. The van der Waals surface area contributed by atoms with Crippen molar-refractivity contribution < 1.29 is 28.7 Å². The van der Waals surface area contributed by atoms with Crippen molar-refractivity contribution in [1.82, 2.24) is 40.4 Å². The molecule has 0 spiro atoms. The molecule has 14 heteroatoms. The predicted molar refractivity (Wildman–Crippen MR) is 238 cm³/mol. The first-order valence-corrected chi connectivity index (χ1v) is 21.8. The number of carbonyl (C=O) groups excluding carboxylic acids is 4. The molecule has 2 fully saturated rings. The molecule has 63 heavy (non-hydrogen) atoms. The molecule has 4 amide bonds. The summed E-state index contributed by atoms with van der Waals surface area (Å²) in [5, 5.41) is 5.46. The van der Waals surface area contributed by atoms with Crippen LogP contribution in [-0.2, 0) is 31.9 Å². The molecule has 2 aliphatic heterocycles. The van der Waals surface area contributed by atoms with Crippen LogP contribution in [-0.4, -0.2) is 87.1 Å². The first-order chi connectivity index (χ1) is 30.6. The highest BCUT2D eigenvalue weighted by atomic mass is 16.5. The number of rotatable bonds is 10. The fraction of sp³-hybridized carbons (Fsp3) is 0.347. The summed E-state index contributed by atoms with van der Waals surface area (Å²) < 4.78 is 9.65. The fourth-order valence-corrected chi connectivity index (χ4v) is 9.47. The van der Waals surface area contributed by atoms with Gasteiger partial charge in [-0.15, -0.1) is 0 Å². The third kappa shape index (κ3) is 8.13. The molecule has 3 aliphatic rings. The SMILES string of the molecule is COC(=O)NC(C(=O)N1CCC[C@H]1c1nc2ccc(-c3ccc(-c4ccc5c(c4)CCc4[nH]c([C@@H]6CCCN6C(=O)[C@H](NC(=O)OC)c6ccccc6)nc4-5)cc3)cc2[nH]1)C(C)C. The van der Waals surface area contributed by atoms with E-state index in [9.17, 15) is 19.2 Å². The summed E-state index contributed by atoms with van der Waals surface area (Å²) in [5.74, 6) is 1.08. The number of nitrogens with zero attached hydrogens (tertiary/aromatic N) is 4. The van der Waals surface area contributed by atoms with Crippen molar-refractivity contribution in [2.24, 2.45) is 5.92 Å². The van der Waals surface area contributed by atoms with Crippen molar-refractivity contribution >= 4 is 35.0 Å². The van der Waals surface area contributed by atoms with Gasteiger partial charge in [0.1, 0.15) is 23.7 Å². The summed E-state index contributed by atoms with van der Waals surface area (Å²) in [5.41, 5.74) is 11.1. The van der Waals surface area contributed by atoms with Crippen LogP contribution in [0.3, 0.4) is 0 Å². The third-order valence-electron chi connectivity index (χ3n) is 12.8. The van der Waals surface area contributed by atoms with Gasteiger partial charge in [0.25, 0.3) is 5.91 Å². The number of hydrogen-bond acceptors (Lipinski definition) is 8. The van der Waals surface area contributed by atoms with Crippen molar-refractivity contribution in [3.63, 3.8) is 0 Å². The summed E-state index contributed by atoms with van der Waals surface area (Å²) in [6.07, 6.45) is 3.64. The third-order valence-corrected chi connectivity index (χ3v) is 12.8. The quantitative estimate of drug-likeness (QED) is 0.107. The van der Waals surface area contributed by atoms with E-state index >= 15 is 0 Å². The van der Waals surface area contributed by atoms with E-state index in [0.29, 0.717) is 18.7 Å². The van der Waals surface area contributed by atoms with Crippen LogP contribution in [0.5, 0.6) is 0 Å². The lowest BCUT2D eigenvalue weighted by Gasteiger charge is -2.29. The number of benzene rings is 4. The molecule has 4 atom stereocenters. The first kappa shape index (κ1) is 41.4. The normalized spacial score (nSPS) is 17.9. The minimum absolute atomic E-state index is 0.108. The zero-order chi connectivity index (χ0) is 43.8. The number of aromatic nitrogens is 4. The molecule has 4 N–H and O–H groups in total. The van der Waals surface area contributed by atoms with Gasteiger partial charge in [0, 0.05) is 24.3 Å². The molecule has 6 aromatic rings. The zero-order valence-corrected chi connectivity index (χ0v) is 35.9. The van der Waals surface area contributed by atoms with Gasteiger partial charge >= 0.3 is 12.2 Å². The van der Waals surface area contributed by atoms with E-state index in [4.69, 9.17) is 19.4 Å². The predicted octanol–water partition coefficient (Wildman–Crippen LogP) is 8.19. The van der Waals surface area contributed by atoms with E-state index in [1.165, 1.54) is 19.8 Å². The second kappa shape index (κ2) is 17.4. The van der Waals surface area contributed by atoms with Gasteiger partial charge in [-0.05, 0) is 90.0 Å². The number of alkyl carbamates (subject to hydrolysis) is 2. The van der Waals surface area contributed by atoms with Gasteiger partial charge < -0.3 is 39.9 Å². The average molecular weight is 849 g/mol. The summed E-state index contributed by atoms with van der Waals surface area (Å²) >= 11 is 0. The van der Waals surface area contributed by atoms with Gasteiger partial charge in [-0.3, -0.25) is 9.59 Å². The standard InChI is InChI=1S/C49H52N8O6/c1-28(2)41(54-48(60)62-3)46(58)56-24-8-12-39(56)44-50-36-22-19-33(27-38(36)52-44)30-16-14-29(15-17-30)32-18-21-35-34(26-32)20-23-37-43(35)53-45(51-37)40-13-9-25-57(40)47(59)42(55-49(61)63-4)31-10-6-5-7-11-31/h5-7,10-11,14-19,21-22,26-28,39-42H,8-9,12-13,20,23-25H2,1-4H3,(H,50,52)(H,51,53)(H,54,60)(H,55,61)/t39-,40-,41?,42+/m0/s1. The number of likely N-dealkylation sites (tertiary alicyclic amines) is 2. The maximum Gasteiger partial charge on any atom is 0.407 e. The molecule has 2 saturated heterocycles. The van der Waals surface area contributed by atoms with Gasteiger partial charge in [0.15, 0.2) is 0 Å². The van der Waals surface area contributed by atoms with Crippen molar-refractivity contribution in [1.29, 1.82) is 0 Å². The molecule has 2 aromatic heterocycles. The van der Waals surface area contributed by atoms with E-state index in [1.807, 2.05) is 60.0 Å². The van der Waals surface area contributed by atoms with Crippen molar-refractivity contribution in [3.8, 4) is 33.5 Å². The topological polar surface area (TPSA) is 175 Å². The number of ether oxygens (including phenoxy) is 2. The number of imidazole rings is 2. The molecule has 1 aliphatic carbocycles. The van der Waals surface area contributed by atoms with Crippen LogP contribution in [0.2, 0.25) is 0 Å². The van der Waals surface area contributed by atoms with Gasteiger partial charge in [-0.25, -0.2) is 19.6 Å². The number of amides is 4. The Hall–Kier alpha value is -6.96. The van der Waals surface area contributed by atoms with Crippen molar-refractivity contribution in [2.45, 2.75) is 76.5 Å². The summed E-state index contributed by atoms with van der Waals surface area (Å²) in [4.78, 5) is 72.9. The maximum atomic E-state index is 14.1. The Bertz CT molecular complexity index is 2670. The number of nitrogens with one attached hydrogen (secondary N) is 4. The Kier molecular flexibility index (Phi) is 11.5. The Morgan fingerprint density at radius 3 is 1.95 bits per heavy atom. The molecule has 4 aromatic carbocycles. The molecular weight excluding hydrogens is 797 g/mol. The van der Waals surface area contributed by atoms with Gasteiger partial charge in [-0.2, -0.15) is 0 Å². The van der Waals surface area contributed by atoms with E-state index in [0.717, 1.165) is 100 Å². The lowest BCUT2D eigenvalue weighted by molar-refractivity contribution is -0.135. The molecular formula is C49H52N8O6. The monoisotopic (exact) mass is 848 g/mol. The Morgan fingerprint density at radius 2 is 1.29 bits per heavy atom.